The topological polar surface area (TPSA) is 80.6 Å². The molecule has 0 saturated carbocycles. The third-order valence-corrected chi connectivity index (χ3v) is 5.22. The van der Waals surface area contributed by atoms with Gasteiger partial charge >= 0.3 is 0 Å². The summed E-state index contributed by atoms with van der Waals surface area (Å²) in [5.74, 6) is 0.337. The van der Waals surface area contributed by atoms with Gasteiger partial charge in [0.25, 0.3) is 5.91 Å². The second-order valence-electron chi connectivity index (χ2n) is 7.70. The van der Waals surface area contributed by atoms with Crippen molar-refractivity contribution in [2.75, 3.05) is 17.7 Å². The highest BCUT2D eigenvalue weighted by Gasteiger charge is 2.14. The van der Waals surface area contributed by atoms with E-state index in [-0.39, 0.29) is 18.2 Å². The van der Waals surface area contributed by atoms with E-state index in [4.69, 9.17) is 9.15 Å². The maximum atomic E-state index is 12.6. The van der Waals surface area contributed by atoms with E-state index in [1.165, 1.54) is 0 Å². The van der Waals surface area contributed by atoms with Crippen LogP contribution in [0.25, 0.3) is 11.0 Å². The van der Waals surface area contributed by atoms with Gasteiger partial charge in [0, 0.05) is 27.9 Å². The molecule has 162 valence electrons. The lowest BCUT2D eigenvalue weighted by atomic mass is 10.0. The summed E-state index contributed by atoms with van der Waals surface area (Å²) in [6.45, 7) is 4.03. The largest absolute Gasteiger partial charge is 0.497 e. The minimum Gasteiger partial charge on any atom is -0.497 e. The van der Waals surface area contributed by atoms with Crippen LogP contribution in [0.3, 0.4) is 0 Å². The van der Waals surface area contributed by atoms with Crippen molar-refractivity contribution in [3.63, 3.8) is 0 Å². The van der Waals surface area contributed by atoms with Gasteiger partial charge in [-0.05, 0) is 79.6 Å². The van der Waals surface area contributed by atoms with Crippen molar-refractivity contribution in [1.82, 2.24) is 0 Å². The number of amides is 2. The molecule has 32 heavy (non-hydrogen) atoms. The third-order valence-electron chi connectivity index (χ3n) is 5.22. The standard InChI is InChI=1S/C26H24N2O4/c1-16-12-17(2)25-19(15-32-23(25)13-16)14-24(29)27-20-6-4-18(5-7-20)26(30)28-21-8-10-22(31-3)11-9-21/h4-13,15H,14H2,1-3H3,(H,27,29)(H,28,30). The van der Waals surface area contributed by atoms with Crippen LogP contribution in [-0.4, -0.2) is 18.9 Å². The molecule has 0 aliphatic rings. The van der Waals surface area contributed by atoms with Crippen LogP contribution >= 0.6 is 0 Å². The second-order valence-corrected chi connectivity index (χ2v) is 7.70. The monoisotopic (exact) mass is 428 g/mol. The first-order chi connectivity index (χ1) is 15.4. The molecule has 6 heteroatoms. The van der Waals surface area contributed by atoms with Gasteiger partial charge in [0.1, 0.15) is 11.3 Å². The van der Waals surface area contributed by atoms with Crippen molar-refractivity contribution in [3.05, 3.63) is 89.2 Å². The van der Waals surface area contributed by atoms with E-state index < -0.39 is 0 Å². The quantitative estimate of drug-likeness (QED) is 0.425. The predicted molar refractivity (Wildman–Crippen MR) is 125 cm³/mol. The highest BCUT2D eigenvalue weighted by atomic mass is 16.5. The summed E-state index contributed by atoms with van der Waals surface area (Å²) >= 11 is 0. The summed E-state index contributed by atoms with van der Waals surface area (Å²) in [6, 6.07) is 17.9. The molecule has 0 radical (unpaired) electrons. The minimum atomic E-state index is -0.233. The SMILES string of the molecule is COc1ccc(NC(=O)c2ccc(NC(=O)Cc3coc4cc(C)cc(C)c34)cc2)cc1. The van der Waals surface area contributed by atoms with Gasteiger partial charge in [0.2, 0.25) is 5.91 Å². The van der Waals surface area contributed by atoms with Crippen molar-refractivity contribution in [2.45, 2.75) is 20.3 Å². The fourth-order valence-corrected chi connectivity index (χ4v) is 3.72. The second kappa shape index (κ2) is 8.98. The Morgan fingerprint density at radius 3 is 2.25 bits per heavy atom. The zero-order valence-electron chi connectivity index (χ0n) is 18.2. The summed E-state index contributed by atoms with van der Waals surface area (Å²) in [6.07, 6.45) is 1.85. The fourth-order valence-electron chi connectivity index (χ4n) is 3.72. The summed E-state index contributed by atoms with van der Waals surface area (Å²) in [5.41, 5.74) is 5.64. The molecule has 0 spiro atoms. The third kappa shape index (κ3) is 4.64. The number of carbonyl (C=O) groups excluding carboxylic acids is 2. The Labute approximate surface area is 186 Å². The van der Waals surface area contributed by atoms with E-state index in [9.17, 15) is 9.59 Å². The maximum absolute atomic E-state index is 12.6. The Morgan fingerprint density at radius 2 is 1.56 bits per heavy atom. The van der Waals surface area contributed by atoms with Crippen molar-refractivity contribution >= 4 is 34.2 Å². The normalized spacial score (nSPS) is 10.7. The lowest BCUT2D eigenvalue weighted by Crippen LogP contribution is -2.15. The number of fused-ring (bicyclic) bond motifs is 1. The molecule has 3 aromatic carbocycles. The number of hydrogen-bond acceptors (Lipinski definition) is 4. The molecule has 1 aromatic heterocycles. The molecule has 6 nitrogen and oxygen atoms in total. The smallest absolute Gasteiger partial charge is 0.255 e. The molecular formula is C26H24N2O4. The van der Waals surface area contributed by atoms with Crippen LogP contribution < -0.4 is 15.4 Å². The number of methoxy groups -OCH3 is 1. The van der Waals surface area contributed by atoms with Crippen molar-refractivity contribution in [2.24, 2.45) is 0 Å². The number of furan rings is 1. The van der Waals surface area contributed by atoms with E-state index >= 15 is 0 Å². The van der Waals surface area contributed by atoms with Gasteiger partial charge in [-0.2, -0.15) is 0 Å². The number of aryl methyl sites for hydroxylation is 2. The van der Waals surface area contributed by atoms with Gasteiger partial charge < -0.3 is 19.8 Å². The first kappa shape index (κ1) is 21.2. The molecule has 2 N–H and O–H groups in total. The summed E-state index contributed by atoms with van der Waals surface area (Å²) in [5, 5.41) is 6.69. The number of nitrogens with one attached hydrogen (secondary N) is 2. The first-order valence-corrected chi connectivity index (χ1v) is 10.3. The molecule has 0 atom stereocenters. The molecule has 4 rings (SSSR count). The maximum Gasteiger partial charge on any atom is 0.255 e. The van der Waals surface area contributed by atoms with Gasteiger partial charge in [-0.15, -0.1) is 0 Å². The fraction of sp³-hybridized carbons (Fsp3) is 0.154. The number of hydrogen-bond donors (Lipinski definition) is 2. The van der Waals surface area contributed by atoms with E-state index in [1.54, 1.807) is 61.9 Å². The Hall–Kier alpha value is -4.06. The molecule has 0 aliphatic heterocycles. The zero-order chi connectivity index (χ0) is 22.7. The Bertz CT molecular complexity index is 1270. The average molecular weight is 428 g/mol. The molecular weight excluding hydrogens is 404 g/mol. The molecule has 0 bridgehead atoms. The first-order valence-electron chi connectivity index (χ1n) is 10.3. The van der Waals surface area contributed by atoms with E-state index in [0.717, 1.165) is 33.4 Å². The number of benzene rings is 3. The zero-order valence-corrected chi connectivity index (χ0v) is 18.2. The van der Waals surface area contributed by atoms with Gasteiger partial charge in [-0.25, -0.2) is 0 Å². The lowest BCUT2D eigenvalue weighted by molar-refractivity contribution is -0.115. The van der Waals surface area contributed by atoms with Crippen molar-refractivity contribution < 1.29 is 18.7 Å². The van der Waals surface area contributed by atoms with Crippen LogP contribution in [0.1, 0.15) is 27.0 Å². The lowest BCUT2D eigenvalue weighted by Gasteiger charge is -2.08. The summed E-state index contributed by atoms with van der Waals surface area (Å²) < 4.78 is 10.7. The Balaban J connectivity index is 1.39. The van der Waals surface area contributed by atoms with Gasteiger partial charge in [0.15, 0.2) is 0 Å². The van der Waals surface area contributed by atoms with Gasteiger partial charge in [-0.1, -0.05) is 6.07 Å². The van der Waals surface area contributed by atoms with Crippen LogP contribution in [-0.2, 0) is 11.2 Å². The molecule has 0 fully saturated rings. The van der Waals surface area contributed by atoms with Crippen LogP contribution in [0.15, 0.2) is 71.3 Å². The molecule has 0 saturated heterocycles. The van der Waals surface area contributed by atoms with E-state index in [2.05, 4.69) is 16.7 Å². The molecule has 0 aliphatic carbocycles. The number of carbonyl (C=O) groups is 2. The number of anilines is 2. The molecule has 4 aromatic rings. The molecule has 0 unspecified atom stereocenters. The Morgan fingerprint density at radius 1 is 0.906 bits per heavy atom. The van der Waals surface area contributed by atoms with Gasteiger partial charge in [0.05, 0.1) is 19.8 Å². The summed E-state index contributed by atoms with van der Waals surface area (Å²) in [7, 11) is 1.59. The van der Waals surface area contributed by atoms with Crippen molar-refractivity contribution in [1.29, 1.82) is 0 Å². The molecule has 1 heterocycles. The average Bonchev–Trinajstić information content (AvgIpc) is 3.17. The van der Waals surface area contributed by atoms with Crippen LogP contribution in [0, 0.1) is 13.8 Å². The van der Waals surface area contributed by atoms with Crippen LogP contribution in [0.2, 0.25) is 0 Å². The minimum absolute atomic E-state index is 0.150. The predicted octanol–water partition coefficient (Wildman–Crippen LogP) is 5.49. The highest BCUT2D eigenvalue weighted by molar-refractivity contribution is 6.04. The van der Waals surface area contributed by atoms with E-state index in [0.29, 0.717) is 16.9 Å². The van der Waals surface area contributed by atoms with Crippen LogP contribution in [0.4, 0.5) is 11.4 Å². The Kier molecular flexibility index (Phi) is 5.94. The van der Waals surface area contributed by atoms with Crippen LogP contribution in [0.5, 0.6) is 5.75 Å². The highest BCUT2D eigenvalue weighted by Crippen LogP contribution is 2.27. The number of rotatable bonds is 6. The van der Waals surface area contributed by atoms with Gasteiger partial charge in [-0.3, -0.25) is 9.59 Å². The van der Waals surface area contributed by atoms with Crippen molar-refractivity contribution in [3.8, 4) is 5.75 Å². The van der Waals surface area contributed by atoms with E-state index in [1.807, 2.05) is 19.9 Å². The summed E-state index contributed by atoms with van der Waals surface area (Å²) in [4.78, 5) is 25.0. The molecule has 2 amide bonds. The number of ether oxygens (including phenoxy) is 1.